The van der Waals surface area contributed by atoms with Gasteiger partial charge < -0.3 is 0 Å². The fourth-order valence-corrected chi connectivity index (χ4v) is 4.20. The topological polar surface area (TPSA) is 100 Å². The molecule has 3 aromatic rings. The molecule has 2 aromatic heterocycles. The highest BCUT2D eigenvalue weighted by Crippen LogP contribution is 2.36. The predicted octanol–water partition coefficient (Wildman–Crippen LogP) is 4.27. The van der Waals surface area contributed by atoms with Gasteiger partial charge in [-0.05, 0) is 30.3 Å². The maximum Gasteiger partial charge on any atom is 0.417 e. The van der Waals surface area contributed by atoms with Gasteiger partial charge in [0, 0.05) is 23.9 Å². The molecular formula is C19H13Cl2F3N3O4S+. The molecule has 7 nitrogen and oxygen atoms in total. The van der Waals surface area contributed by atoms with Crippen LogP contribution in [-0.2, 0) is 16.2 Å². The molecule has 0 atom stereocenters. The van der Waals surface area contributed by atoms with E-state index in [1.54, 1.807) is 0 Å². The van der Waals surface area contributed by atoms with Gasteiger partial charge in [-0.3, -0.25) is 14.7 Å². The fraction of sp³-hybridized carbons (Fsp3) is 0.105. The van der Waals surface area contributed by atoms with Gasteiger partial charge in [-0.25, -0.2) is 13.4 Å². The summed E-state index contributed by atoms with van der Waals surface area (Å²) in [5.74, 6) is -0.757. The minimum Gasteiger partial charge on any atom is -0.287 e. The van der Waals surface area contributed by atoms with Crippen LogP contribution in [0.5, 0.6) is 0 Å². The monoisotopic (exact) mass is 506 g/mol. The second kappa shape index (κ2) is 8.57. The first-order chi connectivity index (χ1) is 14.8. The van der Waals surface area contributed by atoms with Crippen LogP contribution in [0.25, 0.3) is 0 Å². The molecule has 1 aromatic carbocycles. The van der Waals surface area contributed by atoms with Gasteiger partial charge in [0.15, 0.2) is 0 Å². The Morgan fingerprint density at radius 3 is 2.53 bits per heavy atom. The summed E-state index contributed by atoms with van der Waals surface area (Å²) in [5, 5.41) is 9.06. The van der Waals surface area contributed by atoms with E-state index in [0.29, 0.717) is 10.8 Å². The van der Waals surface area contributed by atoms with Crippen molar-refractivity contribution in [3.63, 3.8) is 0 Å². The van der Waals surface area contributed by atoms with E-state index in [1.807, 2.05) is 0 Å². The lowest BCUT2D eigenvalue weighted by atomic mass is 10.1. The van der Waals surface area contributed by atoms with Crippen LogP contribution in [0, 0.1) is 6.92 Å². The second-order valence-electron chi connectivity index (χ2n) is 6.48. The lowest BCUT2D eigenvalue weighted by Crippen LogP contribution is -2.35. The Morgan fingerprint density at radius 2 is 1.88 bits per heavy atom. The highest BCUT2D eigenvalue weighted by Gasteiger charge is 2.35. The lowest BCUT2D eigenvalue weighted by molar-refractivity contribution is -0.908. The fourth-order valence-electron chi connectivity index (χ4n) is 2.73. The zero-order valence-electron chi connectivity index (χ0n) is 16.0. The molecule has 0 aliphatic heterocycles. The Bertz CT molecular complexity index is 1330. The van der Waals surface area contributed by atoms with E-state index in [2.05, 4.69) is 9.71 Å². The number of alkyl halides is 3. The molecule has 0 bridgehead atoms. The molecule has 0 radical (unpaired) electrons. The van der Waals surface area contributed by atoms with Crippen molar-refractivity contribution < 1.29 is 36.3 Å². The zero-order chi connectivity index (χ0) is 23.8. The van der Waals surface area contributed by atoms with E-state index in [9.17, 15) is 31.6 Å². The Balaban J connectivity index is 2.07. The summed E-state index contributed by atoms with van der Waals surface area (Å²) in [6.45, 7) is 1.44. The van der Waals surface area contributed by atoms with Crippen molar-refractivity contribution in [3.8, 4) is 0 Å². The number of pyridine rings is 2. The number of nitrogens with zero attached hydrogens (tertiary/aromatic N) is 2. The van der Waals surface area contributed by atoms with Crippen LogP contribution < -0.4 is 9.45 Å². The number of halogens is 5. The summed E-state index contributed by atoms with van der Waals surface area (Å²) in [6, 6.07) is 5.91. The molecule has 0 spiro atoms. The van der Waals surface area contributed by atoms with E-state index < -0.39 is 37.5 Å². The smallest absolute Gasteiger partial charge is 0.287 e. The van der Waals surface area contributed by atoms with Crippen molar-refractivity contribution in [2.24, 2.45) is 0 Å². The van der Waals surface area contributed by atoms with Crippen molar-refractivity contribution in [2.75, 3.05) is 4.72 Å². The Hall–Kier alpha value is -2.89. The van der Waals surface area contributed by atoms with Crippen molar-refractivity contribution in [1.29, 1.82) is 0 Å². The molecule has 13 heteroatoms. The average molecular weight is 507 g/mol. The number of hydrogen-bond acceptors (Lipinski definition) is 5. The molecule has 32 heavy (non-hydrogen) atoms. The van der Waals surface area contributed by atoms with Crippen molar-refractivity contribution in [3.05, 3.63) is 81.4 Å². The third-order valence-electron chi connectivity index (χ3n) is 4.34. The first-order valence-electron chi connectivity index (χ1n) is 8.61. The number of rotatable bonds is 5. The van der Waals surface area contributed by atoms with Gasteiger partial charge in [0.1, 0.15) is 5.69 Å². The highest BCUT2D eigenvalue weighted by molar-refractivity contribution is 7.92. The quantitative estimate of drug-likeness (QED) is 0.305. The molecule has 2 N–H and O–H groups in total. The average Bonchev–Trinajstić information content (AvgIpc) is 2.68. The number of aromatic nitrogens is 2. The van der Waals surface area contributed by atoms with Crippen LogP contribution in [0.4, 0.5) is 18.9 Å². The number of nitrogens with one attached hydrogen (secondary N) is 1. The molecule has 0 fully saturated rings. The summed E-state index contributed by atoms with van der Waals surface area (Å²) in [6.07, 6.45) is -2.50. The summed E-state index contributed by atoms with van der Waals surface area (Å²) in [5.41, 5.74) is -1.92. The van der Waals surface area contributed by atoms with E-state index in [-0.39, 0.29) is 27.7 Å². The largest absolute Gasteiger partial charge is 0.417 e. The van der Waals surface area contributed by atoms with Crippen molar-refractivity contribution in [2.45, 2.75) is 18.0 Å². The second-order valence-corrected chi connectivity index (χ2v) is 9.00. The molecule has 0 aliphatic carbocycles. The maximum atomic E-state index is 13.1. The first kappa shape index (κ1) is 23.8. The molecule has 2 heterocycles. The highest BCUT2D eigenvalue weighted by atomic mass is 35.5. The number of sulfonamides is 1. The SMILES string of the molecule is Cc1c(C(=O)c2ncc(Cl)cc2NS(=O)(=O)c2ccc(Cl)c(C(F)(F)F)c2)ccc[n+]1O. The molecule has 0 aliphatic rings. The van der Waals surface area contributed by atoms with Crippen LogP contribution in [0.1, 0.15) is 27.3 Å². The van der Waals surface area contributed by atoms with Gasteiger partial charge in [0.2, 0.25) is 17.7 Å². The molecule has 3 rings (SSSR count). The van der Waals surface area contributed by atoms with Gasteiger partial charge >= 0.3 is 6.18 Å². The molecule has 0 saturated heterocycles. The van der Waals surface area contributed by atoms with Crippen LogP contribution in [0.2, 0.25) is 10.0 Å². The summed E-state index contributed by atoms with van der Waals surface area (Å²) >= 11 is 11.4. The van der Waals surface area contributed by atoms with E-state index in [0.717, 1.165) is 24.4 Å². The van der Waals surface area contributed by atoms with Crippen LogP contribution >= 0.6 is 23.2 Å². The Labute approximate surface area is 190 Å². The van der Waals surface area contributed by atoms with Crippen LogP contribution in [0.15, 0.2) is 53.7 Å². The number of hydrogen-bond donors (Lipinski definition) is 2. The number of ketones is 1. The number of anilines is 1. The predicted molar refractivity (Wildman–Crippen MR) is 109 cm³/mol. The maximum absolute atomic E-state index is 13.1. The molecule has 168 valence electrons. The third-order valence-corrected chi connectivity index (χ3v) is 6.23. The summed E-state index contributed by atoms with van der Waals surface area (Å²) in [7, 11) is -4.60. The van der Waals surface area contributed by atoms with Crippen LogP contribution in [-0.4, -0.2) is 24.4 Å². The van der Waals surface area contributed by atoms with Gasteiger partial charge in [0.25, 0.3) is 10.0 Å². The van der Waals surface area contributed by atoms with Gasteiger partial charge in [-0.1, -0.05) is 23.2 Å². The third kappa shape index (κ3) is 4.79. The van der Waals surface area contributed by atoms with E-state index in [1.165, 1.54) is 25.3 Å². The van der Waals surface area contributed by atoms with Gasteiger partial charge in [0.05, 0.1) is 31.8 Å². The molecular weight excluding hydrogens is 494 g/mol. The Morgan fingerprint density at radius 1 is 1.19 bits per heavy atom. The van der Waals surface area contributed by atoms with Gasteiger partial charge in [-0.15, -0.1) is 0 Å². The minimum atomic E-state index is -4.88. The lowest BCUT2D eigenvalue weighted by Gasteiger charge is -2.14. The molecule has 0 unspecified atom stereocenters. The Kier molecular flexibility index (Phi) is 6.36. The van der Waals surface area contributed by atoms with Gasteiger partial charge in [-0.2, -0.15) is 13.2 Å². The minimum absolute atomic E-state index is 0.0103. The van der Waals surface area contributed by atoms with E-state index >= 15 is 0 Å². The van der Waals surface area contributed by atoms with Crippen molar-refractivity contribution >= 4 is 44.7 Å². The van der Waals surface area contributed by atoms with Crippen LogP contribution in [0.3, 0.4) is 0 Å². The summed E-state index contributed by atoms with van der Waals surface area (Å²) < 4.78 is 67.7. The zero-order valence-corrected chi connectivity index (χ0v) is 18.3. The standard InChI is InChI=1S/C19H12Cl2F3N3O4S/c1-10-13(3-2-6-27(10)29)18(28)17-16(7-11(20)9-25-17)26-32(30,31)12-4-5-15(21)14(8-12)19(22,23)24/h2-9H,1H3,(H-,26,28,29)/p+1. The number of carbonyl (C=O) groups excluding carboxylic acids is 1. The van der Waals surface area contributed by atoms with E-state index in [4.69, 9.17) is 23.2 Å². The number of carbonyl (C=O) groups is 1. The normalized spacial score (nSPS) is 11.9. The molecule has 0 amide bonds. The number of benzene rings is 1. The molecule has 0 saturated carbocycles. The first-order valence-corrected chi connectivity index (χ1v) is 10.9. The summed E-state index contributed by atoms with van der Waals surface area (Å²) in [4.78, 5) is 16.1. The van der Waals surface area contributed by atoms with Crippen molar-refractivity contribution in [1.82, 2.24) is 4.98 Å².